The minimum absolute atomic E-state index is 0.0272. The summed E-state index contributed by atoms with van der Waals surface area (Å²) in [5, 5.41) is 8.83. The maximum absolute atomic E-state index is 12.0. The van der Waals surface area contributed by atoms with E-state index in [4.69, 9.17) is 16.0 Å². The van der Waals surface area contributed by atoms with E-state index in [0.29, 0.717) is 43.1 Å². The van der Waals surface area contributed by atoms with Gasteiger partial charge < -0.3 is 14.2 Å². The second-order valence-electron chi connectivity index (χ2n) is 5.87. The van der Waals surface area contributed by atoms with Crippen LogP contribution in [0.25, 0.3) is 11.5 Å². The summed E-state index contributed by atoms with van der Waals surface area (Å²) < 4.78 is 5.75. The van der Waals surface area contributed by atoms with Gasteiger partial charge in [-0.05, 0) is 18.2 Å². The molecular formula is C18H25ClN4O2. The third-order valence-electron chi connectivity index (χ3n) is 3.84. The zero-order valence-corrected chi connectivity index (χ0v) is 16.0. The number of benzene rings is 1. The molecule has 2 heterocycles. The number of anilines is 1. The second kappa shape index (κ2) is 8.85. The molecule has 2 aromatic rings. The average molecular weight is 365 g/mol. The van der Waals surface area contributed by atoms with Gasteiger partial charge in [0.2, 0.25) is 11.8 Å². The minimum atomic E-state index is 0.0272. The van der Waals surface area contributed by atoms with E-state index >= 15 is 0 Å². The van der Waals surface area contributed by atoms with Crippen LogP contribution in [-0.2, 0) is 4.79 Å². The van der Waals surface area contributed by atoms with E-state index in [2.05, 4.69) is 10.2 Å². The summed E-state index contributed by atoms with van der Waals surface area (Å²) in [5.41, 5.74) is 0.796. The molecule has 1 amide bonds. The molecule has 3 rings (SSSR count). The Bertz CT molecular complexity index is 694. The molecule has 0 spiro atoms. The highest BCUT2D eigenvalue weighted by molar-refractivity contribution is 6.30. The molecule has 7 heteroatoms. The first-order valence-corrected chi connectivity index (χ1v) is 9.05. The number of nitrogens with zero attached hydrogens (tertiary/aromatic N) is 4. The third kappa shape index (κ3) is 4.72. The largest absolute Gasteiger partial charge is 0.403 e. The van der Waals surface area contributed by atoms with Crippen LogP contribution in [-0.4, -0.2) is 47.2 Å². The molecule has 0 N–H and O–H groups in total. The van der Waals surface area contributed by atoms with Gasteiger partial charge in [-0.1, -0.05) is 50.5 Å². The van der Waals surface area contributed by atoms with E-state index in [9.17, 15) is 4.79 Å². The van der Waals surface area contributed by atoms with Gasteiger partial charge >= 0.3 is 6.01 Å². The van der Waals surface area contributed by atoms with Crippen LogP contribution < -0.4 is 4.90 Å². The standard InChI is InChI=1S/C16H19ClN4O2.C2H6/c1-11(2)15(22)20-6-8-21(9-7-20)16-19-18-14(23-16)12-4-3-5-13(17)10-12;1-2/h3-5,10-11H,6-9H2,1-2H3;1-2H3. The van der Waals surface area contributed by atoms with Crippen LogP contribution in [0.15, 0.2) is 28.7 Å². The molecule has 0 bridgehead atoms. The fraction of sp³-hybridized carbons (Fsp3) is 0.500. The van der Waals surface area contributed by atoms with E-state index in [1.165, 1.54) is 0 Å². The van der Waals surface area contributed by atoms with Crippen molar-refractivity contribution in [3.05, 3.63) is 29.3 Å². The van der Waals surface area contributed by atoms with Gasteiger partial charge in [0.05, 0.1) is 0 Å². The monoisotopic (exact) mass is 364 g/mol. The summed E-state index contributed by atoms with van der Waals surface area (Å²) in [6, 6.07) is 7.79. The van der Waals surface area contributed by atoms with E-state index in [1.54, 1.807) is 12.1 Å². The van der Waals surface area contributed by atoms with Crippen LogP contribution in [0, 0.1) is 5.92 Å². The lowest BCUT2D eigenvalue weighted by molar-refractivity contribution is -0.134. The SMILES string of the molecule is CC.CC(C)C(=O)N1CCN(c2nnc(-c3cccc(Cl)c3)o2)CC1. The number of rotatable bonds is 3. The molecule has 25 heavy (non-hydrogen) atoms. The molecule has 0 saturated carbocycles. The quantitative estimate of drug-likeness (QED) is 0.830. The number of hydrogen-bond donors (Lipinski definition) is 0. The molecule has 1 aliphatic heterocycles. The Kier molecular flexibility index (Phi) is 6.82. The summed E-state index contributed by atoms with van der Waals surface area (Å²) in [4.78, 5) is 15.9. The molecule has 0 aliphatic carbocycles. The van der Waals surface area contributed by atoms with Gasteiger partial charge in [0, 0.05) is 42.7 Å². The van der Waals surface area contributed by atoms with Crippen LogP contribution in [0.2, 0.25) is 5.02 Å². The summed E-state index contributed by atoms with van der Waals surface area (Å²) in [6.45, 7) is 10.6. The smallest absolute Gasteiger partial charge is 0.318 e. The van der Waals surface area contributed by atoms with Crippen molar-refractivity contribution in [2.45, 2.75) is 27.7 Å². The van der Waals surface area contributed by atoms with E-state index in [1.807, 2.05) is 49.6 Å². The molecular weight excluding hydrogens is 340 g/mol. The lowest BCUT2D eigenvalue weighted by Gasteiger charge is -2.34. The minimum Gasteiger partial charge on any atom is -0.403 e. The van der Waals surface area contributed by atoms with Crippen LogP contribution in [0.1, 0.15) is 27.7 Å². The van der Waals surface area contributed by atoms with E-state index < -0.39 is 0 Å². The number of piperazine rings is 1. The first-order chi connectivity index (χ1) is 12.0. The summed E-state index contributed by atoms with van der Waals surface area (Å²) in [6.07, 6.45) is 0. The zero-order chi connectivity index (χ0) is 18.4. The van der Waals surface area contributed by atoms with Crippen molar-refractivity contribution in [1.29, 1.82) is 0 Å². The molecule has 1 aromatic carbocycles. The highest BCUT2D eigenvalue weighted by Crippen LogP contribution is 2.25. The van der Waals surface area contributed by atoms with Gasteiger partial charge in [0.15, 0.2) is 0 Å². The number of carbonyl (C=O) groups excluding carboxylic acids is 1. The lowest BCUT2D eigenvalue weighted by Crippen LogP contribution is -2.50. The molecule has 1 aromatic heterocycles. The molecule has 136 valence electrons. The van der Waals surface area contributed by atoms with Gasteiger partial charge in [0.1, 0.15) is 0 Å². The van der Waals surface area contributed by atoms with Gasteiger partial charge in [-0.2, -0.15) is 0 Å². The van der Waals surface area contributed by atoms with E-state index in [-0.39, 0.29) is 11.8 Å². The highest BCUT2D eigenvalue weighted by atomic mass is 35.5. The number of carbonyl (C=O) groups is 1. The summed E-state index contributed by atoms with van der Waals surface area (Å²) in [7, 11) is 0. The van der Waals surface area contributed by atoms with Crippen molar-refractivity contribution in [2.75, 3.05) is 31.1 Å². The van der Waals surface area contributed by atoms with Crippen LogP contribution in [0.3, 0.4) is 0 Å². The Labute approximate surface area is 153 Å². The van der Waals surface area contributed by atoms with E-state index in [0.717, 1.165) is 5.56 Å². The summed E-state index contributed by atoms with van der Waals surface area (Å²) >= 11 is 5.98. The Hall–Kier alpha value is -2.08. The van der Waals surface area contributed by atoms with Crippen molar-refractivity contribution in [3.63, 3.8) is 0 Å². The summed E-state index contributed by atoms with van der Waals surface area (Å²) in [5.74, 6) is 0.664. The van der Waals surface area contributed by atoms with Gasteiger partial charge in [-0.15, -0.1) is 5.10 Å². The first-order valence-electron chi connectivity index (χ1n) is 8.68. The van der Waals surface area contributed by atoms with Crippen molar-refractivity contribution in [3.8, 4) is 11.5 Å². The van der Waals surface area contributed by atoms with Crippen molar-refractivity contribution >= 4 is 23.5 Å². The Morgan fingerprint density at radius 2 is 1.84 bits per heavy atom. The number of halogens is 1. The van der Waals surface area contributed by atoms with Crippen molar-refractivity contribution in [1.82, 2.24) is 15.1 Å². The van der Waals surface area contributed by atoms with Gasteiger partial charge in [-0.25, -0.2) is 0 Å². The topological polar surface area (TPSA) is 62.5 Å². The third-order valence-corrected chi connectivity index (χ3v) is 4.08. The Balaban J connectivity index is 0.00000109. The lowest BCUT2D eigenvalue weighted by atomic mass is 10.1. The average Bonchev–Trinajstić information content (AvgIpc) is 3.13. The number of amides is 1. The zero-order valence-electron chi connectivity index (χ0n) is 15.2. The molecule has 6 nitrogen and oxygen atoms in total. The number of hydrogen-bond acceptors (Lipinski definition) is 5. The molecule has 0 radical (unpaired) electrons. The Morgan fingerprint density at radius 1 is 1.16 bits per heavy atom. The Morgan fingerprint density at radius 3 is 2.44 bits per heavy atom. The van der Waals surface area contributed by atoms with Crippen LogP contribution in [0.5, 0.6) is 0 Å². The maximum Gasteiger partial charge on any atom is 0.318 e. The highest BCUT2D eigenvalue weighted by Gasteiger charge is 2.25. The molecule has 1 saturated heterocycles. The number of aromatic nitrogens is 2. The van der Waals surface area contributed by atoms with Crippen molar-refractivity contribution < 1.29 is 9.21 Å². The first kappa shape index (κ1) is 19.2. The molecule has 1 fully saturated rings. The van der Waals surface area contributed by atoms with Crippen LogP contribution in [0.4, 0.5) is 6.01 Å². The maximum atomic E-state index is 12.0. The fourth-order valence-electron chi connectivity index (χ4n) is 2.56. The molecule has 1 aliphatic rings. The molecule has 0 unspecified atom stereocenters. The predicted molar refractivity (Wildman–Crippen MR) is 99.7 cm³/mol. The normalized spacial score (nSPS) is 14.3. The van der Waals surface area contributed by atoms with Gasteiger partial charge in [-0.3, -0.25) is 4.79 Å². The van der Waals surface area contributed by atoms with Crippen LogP contribution >= 0.6 is 11.6 Å². The molecule has 0 atom stereocenters. The second-order valence-corrected chi connectivity index (χ2v) is 6.30. The predicted octanol–water partition coefficient (Wildman–Crippen LogP) is 3.72. The van der Waals surface area contributed by atoms with Crippen molar-refractivity contribution in [2.24, 2.45) is 5.92 Å². The fourth-order valence-corrected chi connectivity index (χ4v) is 2.76. The van der Waals surface area contributed by atoms with Gasteiger partial charge in [0.25, 0.3) is 0 Å².